The first-order chi connectivity index (χ1) is 10.0. The summed E-state index contributed by atoms with van der Waals surface area (Å²) >= 11 is 0. The fourth-order valence-corrected chi connectivity index (χ4v) is 1.51. The van der Waals surface area contributed by atoms with Crippen LogP contribution in [0.4, 0.5) is 5.69 Å². The lowest BCUT2D eigenvalue weighted by molar-refractivity contribution is -0.111. The number of benzene rings is 1. The lowest BCUT2D eigenvalue weighted by Crippen LogP contribution is -2.23. The predicted molar refractivity (Wildman–Crippen MR) is 82.6 cm³/mol. The summed E-state index contributed by atoms with van der Waals surface area (Å²) in [7, 11) is 5.42. The Balaban J connectivity index is 2.43. The fourth-order valence-electron chi connectivity index (χ4n) is 1.51. The molecular weight excluding hydrogens is 269 g/mol. The van der Waals surface area contributed by atoms with Crippen LogP contribution in [-0.2, 0) is 9.53 Å². The van der Waals surface area contributed by atoms with Crippen molar-refractivity contribution in [1.29, 1.82) is 0 Å². The van der Waals surface area contributed by atoms with Crippen molar-refractivity contribution in [3.8, 4) is 5.75 Å². The van der Waals surface area contributed by atoms with Crippen LogP contribution in [0.15, 0.2) is 35.8 Å². The van der Waals surface area contributed by atoms with Gasteiger partial charge in [-0.05, 0) is 37.3 Å². The molecule has 21 heavy (non-hydrogen) atoms. The molecule has 0 aromatic heterocycles. The first-order valence-corrected chi connectivity index (χ1v) is 6.74. The molecule has 1 aromatic carbocycles. The highest BCUT2D eigenvalue weighted by Gasteiger charge is 2.05. The second-order valence-electron chi connectivity index (χ2n) is 4.53. The molecule has 1 aromatic rings. The molecule has 5 nitrogen and oxygen atoms in total. The minimum absolute atomic E-state index is 0.154. The Morgan fingerprint density at radius 1 is 1.38 bits per heavy atom. The minimum atomic E-state index is -0.665. The Morgan fingerprint density at radius 2 is 2.05 bits per heavy atom. The van der Waals surface area contributed by atoms with Crippen LogP contribution in [0.5, 0.6) is 5.75 Å². The van der Waals surface area contributed by atoms with E-state index in [0.29, 0.717) is 23.5 Å². The van der Waals surface area contributed by atoms with E-state index in [2.05, 4.69) is 5.32 Å². The number of carbonyl (C=O) groups excluding carboxylic acids is 1. The molecule has 2 N–H and O–H groups in total. The Hall–Kier alpha value is -1.79. The smallest absolute Gasteiger partial charge is 0.247 e. The van der Waals surface area contributed by atoms with Gasteiger partial charge < -0.3 is 19.9 Å². The van der Waals surface area contributed by atoms with E-state index >= 15 is 0 Å². The summed E-state index contributed by atoms with van der Waals surface area (Å²) in [6, 6.07) is 6.84. The summed E-state index contributed by atoms with van der Waals surface area (Å²) in [6.07, 6.45) is 0.649. The Kier molecular flexibility index (Phi) is 7.57. The van der Waals surface area contributed by atoms with Crippen molar-refractivity contribution in [3.63, 3.8) is 0 Å². The summed E-state index contributed by atoms with van der Waals surface area (Å²) < 4.78 is 10.5. The summed E-state index contributed by atoms with van der Waals surface area (Å²) in [4.78, 5) is 11.5. The average Bonchev–Trinajstić information content (AvgIpc) is 2.43. The van der Waals surface area contributed by atoms with E-state index < -0.39 is 6.10 Å². The number of ether oxygens (including phenoxy) is 2. The molecule has 0 heterocycles. The number of anilines is 1. The van der Waals surface area contributed by atoms with Gasteiger partial charge in [0.05, 0.1) is 6.61 Å². The lowest BCUT2D eigenvalue weighted by atomic mass is 9.98. The largest absolute Gasteiger partial charge is 0.491 e. The zero-order valence-electron chi connectivity index (χ0n) is 12.3. The Labute approximate surface area is 126 Å². The summed E-state index contributed by atoms with van der Waals surface area (Å²) in [5, 5.41) is 12.2. The quantitative estimate of drug-likeness (QED) is 0.562. The third-order valence-corrected chi connectivity index (χ3v) is 2.44. The van der Waals surface area contributed by atoms with E-state index in [1.54, 1.807) is 31.2 Å². The average molecular weight is 289 g/mol. The van der Waals surface area contributed by atoms with Crippen molar-refractivity contribution in [2.24, 2.45) is 0 Å². The second-order valence-corrected chi connectivity index (χ2v) is 4.53. The molecule has 1 rings (SSSR count). The number of amides is 1. The van der Waals surface area contributed by atoms with Crippen LogP contribution in [-0.4, -0.2) is 44.8 Å². The number of aliphatic hydroxyl groups is 1. The van der Waals surface area contributed by atoms with E-state index in [4.69, 9.17) is 17.3 Å². The van der Waals surface area contributed by atoms with E-state index in [-0.39, 0.29) is 19.1 Å². The maximum absolute atomic E-state index is 11.5. The zero-order chi connectivity index (χ0) is 15.7. The van der Waals surface area contributed by atoms with Gasteiger partial charge >= 0.3 is 0 Å². The van der Waals surface area contributed by atoms with Gasteiger partial charge in [-0.15, -0.1) is 5.47 Å². The standard InChI is InChI=1S/C15H20BNO4/c1-3-20-9-13(18)10-21-14-6-4-12(5-7-14)17-15(19)8-11(2)16/h4-8,13,18H,3,9-10H2,1-2H3,(H,17,19)/b11-8+. The van der Waals surface area contributed by atoms with E-state index in [9.17, 15) is 9.90 Å². The highest BCUT2D eigenvalue weighted by Crippen LogP contribution is 2.16. The molecule has 0 saturated heterocycles. The van der Waals surface area contributed by atoms with Crippen molar-refractivity contribution < 1.29 is 19.4 Å². The van der Waals surface area contributed by atoms with Crippen LogP contribution >= 0.6 is 0 Å². The van der Waals surface area contributed by atoms with Crippen LogP contribution in [0.2, 0.25) is 0 Å². The first-order valence-electron chi connectivity index (χ1n) is 6.74. The third-order valence-electron chi connectivity index (χ3n) is 2.44. The molecule has 0 aliphatic carbocycles. The van der Waals surface area contributed by atoms with Crippen LogP contribution in [0, 0.1) is 0 Å². The molecule has 1 unspecified atom stereocenters. The van der Waals surface area contributed by atoms with Crippen molar-refractivity contribution in [3.05, 3.63) is 35.8 Å². The summed E-state index contributed by atoms with van der Waals surface area (Å²) in [6.45, 7) is 4.46. The van der Waals surface area contributed by atoms with Gasteiger partial charge in [-0.1, -0.05) is 6.92 Å². The van der Waals surface area contributed by atoms with Crippen molar-refractivity contribution >= 4 is 19.4 Å². The van der Waals surface area contributed by atoms with Crippen molar-refractivity contribution in [1.82, 2.24) is 0 Å². The number of nitrogens with one attached hydrogen (secondary N) is 1. The molecule has 0 saturated carbocycles. The fraction of sp³-hybridized carbons (Fsp3) is 0.400. The molecule has 2 radical (unpaired) electrons. The number of rotatable bonds is 8. The lowest BCUT2D eigenvalue weighted by Gasteiger charge is -2.12. The maximum Gasteiger partial charge on any atom is 0.247 e. The van der Waals surface area contributed by atoms with Crippen LogP contribution in [0.3, 0.4) is 0 Å². The molecule has 6 heteroatoms. The molecule has 112 valence electrons. The van der Waals surface area contributed by atoms with Gasteiger partial charge in [-0.3, -0.25) is 4.79 Å². The molecule has 1 atom stereocenters. The molecule has 0 aliphatic heterocycles. The van der Waals surface area contributed by atoms with Gasteiger partial charge in [-0.25, -0.2) is 0 Å². The van der Waals surface area contributed by atoms with Crippen LogP contribution in [0.1, 0.15) is 13.8 Å². The Morgan fingerprint density at radius 3 is 2.62 bits per heavy atom. The van der Waals surface area contributed by atoms with Crippen molar-refractivity contribution in [2.75, 3.05) is 25.1 Å². The van der Waals surface area contributed by atoms with Crippen LogP contribution < -0.4 is 10.1 Å². The summed E-state index contributed by atoms with van der Waals surface area (Å²) in [5.41, 5.74) is 1.08. The van der Waals surface area contributed by atoms with Crippen molar-refractivity contribution in [2.45, 2.75) is 20.0 Å². The first kappa shape index (κ1) is 17.3. The number of carbonyl (C=O) groups is 1. The van der Waals surface area contributed by atoms with Crippen LogP contribution in [0.25, 0.3) is 0 Å². The number of allylic oxidation sites excluding steroid dienone is 1. The highest BCUT2D eigenvalue weighted by atomic mass is 16.5. The predicted octanol–water partition coefficient (Wildman–Crippen LogP) is 1.47. The molecule has 0 bridgehead atoms. The highest BCUT2D eigenvalue weighted by molar-refractivity contribution is 6.23. The maximum atomic E-state index is 11.5. The van der Waals surface area contributed by atoms with Gasteiger partial charge in [0.25, 0.3) is 0 Å². The van der Waals surface area contributed by atoms with E-state index in [0.717, 1.165) is 0 Å². The second kappa shape index (κ2) is 9.21. The molecular formula is C15H20BNO4. The van der Waals surface area contributed by atoms with Gasteiger partial charge in [0.2, 0.25) is 5.91 Å². The number of hydrogen-bond donors (Lipinski definition) is 2. The van der Waals surface area contributed by atoms with E-state index in [1.807, 2.05) is 6.92 Å². The molecule has 0 fully saturated rings. The monoisotopic (exact) mass is 289 g/mol. The zero-order valence-corrected chi connectivity index (χ0v) is 12.3. The van der Waals surface area contributed by atoms with Gasteiger partial charge in [0, 0.05) is 12.3 Å². The van der Waals surface area contributed by atoms with E-state index in [1.165, 1.54) is 6.08 Å². The third kappa shape index (κ3) is 7.53. The summed E-state index contributed by atoms with van der Waals surface area (Å²) in [5.74, 6) is 0.324. The number of hydrogen-bond acceptors (Lipinski definition) is 4. The minimum Gasteiger partial charge on any atom is -0.491 e. The molecule has 0 spiro atoms. The normalized spacial score (nSPS) is 12.8. The molecule has 0 aliphatic rings. The Bertz CT molecular complexity index is 469. The topological polar surface area (TPSA) is 67.8 Å². The SMILES string of the molecule is [B]/C(C)=C/C(=O)Nc1ccc(OCC(O)COCC)cc1. The van der Waals surface area contributed by atoms with Gasteiger partial charge in [0.15, 0.2) is 0 Å². The molecule has 1 amide bonds. The van der Waals surface area contributed by atoms with Gasteiger partial charge in [0.1, 0.15) is 26.3 Å². The van der Waals surface area contributed by atoms with Gasteiger partial charge in [-0.2, -0.15) is 0 Å². The number of aliphatic hydroxyl groups excluding tert-OH is 1.